The lowest BCUT2D eigenvalue weighted by molar-refractivity contribution is -0.134. The van der Waals surface area contributed by atoms with Crippen LogP contribution in [0.2, 0.25) is 0 Å². The fraction of sp³-hybridized carbons (Fsp3) is 0.818. The zero-order valence-corrected chi connectivity index (χ0v) is 9.95. The number of amides is 1. The number of hydrogen-bond donors (Lipinski definition) is 1. The first-order chi connectivity index (χ1) is 7.72. The Balaban J connectivity index is 1.90. The molecule has 0 aromatic rings. The summed E-state index contributed by atoms with van der Waals surface area (Å²) in [5, 5.41) is 18.0. The summed E-state index contributed by atoms with van der Waals surface area (Å²) in [5.74, 6) is 0.911. The number of carbonyl (C=O) groups is 1. The second-order valence-electron chi connectivity index (χ2n) is 4.46. The Morgan fingerprint density at radius 2 is 2.06 bits per heavy atom. The Labute approximate surface area is 99.6 Å². The molecule has 0 saturated carbocycles. The van der Waals surface area contributed by atoms with E-state index in [9.17, 15) is 9.90 Å². The minimum absolute atomic E-state index is 0.139. The molecule has 2 fully saturated rings. The maximum atomic E-state index is 12.0. The normalized spacial score (nSPS) is 32.5. The third-order valence-corrected chi connectivity index (χ3v) is 4.17. The molecule has 0 spiro atoms. The van der Waals surface area contributed by atoms with Crippen LogP contribution in [0.1, 0.15) is 25.7 Å². The predicted octanol–water partition coefficient (Wildman–Crippen LogP) is 0.757. The van der Waals surface area contributed by atoms with Crippen LogP contribution in [0.5, 0.6) is 0 Å². The highest BCUT2D eigenvalue weighted by atomic mass is 32.2. The van der Waals surface area contributed by atoms with Crippen LogP contribution in [0.25, 0.3) is 0 Å². The van der Waals surface area contributed by atoms with Crippen LogP contribution in [0.4, 0.5) is 0 Å². The molecule has 2 aliphatic rings. The Kier molecular flexibility index (Phi) is 3.72. The van der Waals surface area contributed by atoms with Crippen LogP contribution >= 0.6 is 11.8 Å². The Hall–Kier alpha value is -0.730. The Bertz CT molecular complexity index is 302. The highest BCUT2D eigenvalue weighted by Crippen LogP contribution is 2.35. The van der Waals surface area contributed by atoms with Crippen molar-refractivity contribution in [1.29, 1.82) is 5.26 Å². The summed E-state index contributed by atoms with van der Waals surface area (Å²) in [6, 6.07) is 2.50. The molecule has 2 saturated heterocycles. The van der Waals surface area contributed by atoms with Crippen molar-refractivity contribution in [2.75, 3.05) is 11.5 Å². The van der Waals surface area contributed by atoms with E-state index in [0.717, 1.165) is 25.7 Å². The molecule has 4 nitrogen and oxygen atoms in total. The first-order valence-corrected chi connectivity index (χ1v) is 6.81. The number of fused-ring (bicyclic) bond motifs is 2. The summed E-state index contributed by atoms with van der Waals surface area (Å²) >= 11 is 1.37. The van der Waals surface area contributed by atoms with Gasteiger partial charge in [-0.05, 0) is 25.7 Å². The van der Waals surface area contributed by atoms with Crippen molar-refractivity contribution >= 4 is 17.7 Å². The van der Waals surface area contributed by atoms with Crippen molar-refractivity contribution in [1.82, 2.24) is 4.90 Å². The predicted molar refractivity (Wildman–Crippen MR) is 61.8 cm³/mol. The topological polar surface area (TPSA) is 64.3 Å². The zero-order chi connectivity index (χ0) is 11.5. The fourth-order valence-electron chi connectivity index (χ4n) is 2.81. The number of carbonyl (C=O) groups excluding carboxylic acids is 1. The third-order valence-electron chi connectivity index (χ3n) is 3.39. The molecule has 2 aliphatic heterocycles. The van der Waals surface area contributed by atoms with E-state index in [4.69, 9.17) is 5.26 Å². The molecule has 2 rings (SSSR count). The maximum Gasteiger partial charge on any atom is 0.233 e. The second kappa shape index (κ2) is 5.07. The maximum absolute atomic E-state index is 12.0. The molecular weight excluding hydrogens is 224 g/mol. The first-order valence-electron chi connectivity index (χ1n) is 5.66. The Morgan fingerprint density at radius 1 is 1.44 bits per heavy atom. The van der Waals surface area contributed by atoms with E-state index < -0.39 is 0 Å². The number of thioether (sulfide) groups is 1. The van der Waals surface area contributed by atoms with Gasteiger partial charge in [0.25, 0.3) is 0 Å². The van der Waals surface area contributed by atoms with E-state index in [1.807, 2.05) is 11.0 Å². The summed E-state index contributed by atoms with van der Waals surface area (Å²) in [5.41, 5.74) is 0. The van der Waals surface area contributed by atoms with E-state index in [2.05, 4.69) is 0 Å². The van der Waals surface area contributed by atoms with E-state index in [0.29, 0.717) is 11.5 Å². The largest absolute Gasteiger partial charge is 0.393 e. The molecule has 1 N–H and O–H groups in total. The summed E-state index contributed by atoms with van der Waals surface area (Å²) in [6.07, 6.45) is 3.27. The van der Waals surface area contributed by atoms with E-state index in [-0.39, 0.29) is 24.1 Å². The van der Waals surface area contributed by atoms with Crippen LogP contribution < -0.4 is 0 Å². The smallest absolute Gasteiger partial charge is 0.233 e. The molecule has 0 aliphatic carbocycles. The van der Waals surface area contributed by atoms with Crippen molar-refractivity contribution < 1.29 is 9.90 Å². The number of hydrogen-bond acceptors (Lipinski definition) is 4. The van der Waals surface area contributed by atoms with Crippen LogP contribution in [-0.2, 0) is 4.79 Å². The standard InChI is InChI=1S/C11H16N2O2S/c12-3-4-16-7-11(15)13-8-1-2-9(13)6-10(14)5-8/h8-10,14H,1-2,4-7H2. The molecule has 2 heterocycles. The second-order valence-corrected chi connectivity index (χ2v) is 5.45. The van der Waals surface area contributed by atoms with Gasteiger partial charge < -0.3 is 10.0 Å². The number of nitrogens with zero attached hydrogens (tertiary/aromatic N) is 2. The quantitative estimate of drug-likeness (QED) is 0.740. The van der Waals surface area contributed by atoms with Gasteiger partial charge in [-0.2, -0.15) is 5.26 Å². The molecule has 1 amide bonds. The fourth-order valence-corrected chi connectivity index (χ4v) is 3.33. The minimum Gasteiger partial charge on any atom is -0.393 e. The summed E-state index contributed by atoms with van der Waals surface area (Å²) in [7, 11) is 0. The van der Waals surface area contributed by atoms with Crippen molar-refractivity contribution in [3.05, 3.63) is 0 Å². The zero-order valence-electron chi connectivity index (χ0n) is 9.13. The number of piperidine rings is 1. The molecule has 5 heteroatoms. The van der Waals surface area contributed by atoms with Gasteiger partial charge in [-0.1, -0.05) is 0 Å². The van der Waals surface area contributed by atoms with E-state index >= 15 is 0 Å². The monoisotopic (exact) mass is 240 g/mol. The summed E-state index contributed by atoms with van der Waals surface area (Å²) < 4.78 is 0. The highest BCUT2D eigenvalue weighted by Gasteiger charge is 2.42. The molecule has 0 aromatic carbocycles. The lowest BCUT2D eigenvalue weighted by Gasteiger charge is -2.37. The first kappa shape index (κ1) is 11.7. The lowest BCUT2D eigenvalue weighted by atomic mass is 10.00. The number of aliphatic hydroxyl groups is 1. The molecule has 2 atom stereocenters. The summed E-state index contributed by atoms with van der Waals surface area (Å²) in [4.78, 5) is 13.9. The SMILES string of the molecule is N#CCSCC(=O)N1C2CCC1CC(O)C2. The van der Waals surface area contributed by atoms with Crippen LogP contribution in [-0.4, -0.2) is 45.6 Å². The number of aliphatic hydroxyl groups excluding tert-OH is 1. The molecule has 2 bridgehead atoms. The molecule has 16 heavy (non-hydrogen) atoms. The number of nitriles is 1. The highest BCUT2D eigenvalue weighted by molar-refractivity contribution is 8.00. The minimum atomic E-state index is -0.228. The van der Waals surface area contributed by atoms with Gasteiger partial charge in [0.15, 0.2) is 0 Å². The van der Waals surface area contributed by atoms with Crippen molar-refractivity contribution in [2.24, 2.45) is 0 Å². The van der Waals surface area contributed by atoms with Gasteiger partial charge in [0.05, 0.1) is 23.7 Å². The van der Waals surface area contributed by atoms with E-state index in [1.54, 1.807) is 0 Å². The van der Waals surface area contributed by atoms with Crippen molar-refractivity contribution in [3.63, 3.8) is 0 Å². The third kappa shape index (κ3) is 2.33. The van der Waals surface area contributed by atoms with Crippen LogP contribution in [0, 0.1) is 11.3 Å². The molecular formula is C11H16N2O2S. The Morgan fingerprint density at radius 3 is 2.62 bits per heavy atom. The summed E-state index contributed by atoms with van der Waals surface area (Å²) in [6.45, 7) is 0. The molecule has 0 radical (unpaired) electrons. The van der Waals surface area contributed by atoms with Crippen molar-refractivity contribution in [2.45, 2.75) is 43.9 Å². The molecule has 88 valence electrons. The van der Waals surface area contributed by atoms with Gasteiger partial charge in [0, 0.05) is 12.1 Å². The van der Waals surface area contributed by atoms with Crippen molar-refractivity contribution in [3.8, 4) is 6.07 Å². The van der Waals surface area contributed by atoms with E-state index in [1.165, 1.54) is 11.8 Å². The van der Waals surface area contributed by atoms with Crippen LogP contribution in [0.15, 0.2) is 0 Å². The van der Waals surface area contributed by atoms with Gasteiger partial charge in [0.1, 0.15) is 0 Å². The van der Waals surface area contributed by atoms with Gasteiger partial charge in [-0.25, -0.2) is 0 Å². The van der Waals surface area contributed by atoms with Gasteiger partial charge in [-0.15, -0.1) is 11.8 Å². The number of rotatable bonds is 3. The van der Waals surface area contributed by atoms with Crippen LogP contribution in [0.3, 0.4) is 0 Å². The average molecular weight is 240 g/mol. The molecule has 2 unspecified atom stereocenters. The van der Waals surface area contributed by atoms with Gasteiger partial charge >= 0.3 is 0 Å². The lowest BCUT2D eigenvalue weighted by Crippen LogP contribution is -2.48. The average Bonchev–Trinajstić information content (AvgIpc) is 2.52. The van der Waals surface area contributed by atoms with Gasteiger partial charge in [-0.3, -0.25) is 4.79 Å². The molecule has 0 aromatic heterocycles. The van der Waals surface area contributed by atoms with Gasteiger partial charge in [0.2, 0.25) is 5.91 Å².